The van der Waals surface area contributed by atoms with Crippen LogP contribution in [-0.2, 0) is 6.42 Å². The standard InChI is InChI=1S/C24H24N4O3/c1-31-20-5-2-4-16(10-20)11-22-19-12-18(21-6-3-7-23(29)28(21)22)14-27(15-19)24(30)17-8-9-25-26-13-17/h2-10,13,18-19,22H,11-12,14-15H2,1H3/t18-,19+,22+/m1/s1. The number of hydrogen-bond donors (Lipinski definition) is 0. The topological polar surface area (TPSA) is 77.3 Å². The maximum absolute atomic E-state index is 13.1. The Hall–Kier alpha value is -3.48. The third kappa shape index (κ3) is 3.60. The Morgan fingerprint density at radius 3 is 2.81 bits per heavy atom. The number of carbonyl (C=O) groups excluding carboxylic acids is 1. The van der Waals surface area contributed by atoms with E-state index in [1.54, 1.807) is 25.4 Å². The van der Waals surface area contributed by atoms with Crippen molar-refractivity contribution in [3.8, 4) is 5.75 Å². The highest BCUT2D eigenvalue weighted by molar-refractivity contribution is 5.93. The summed E-state index contributed by atoms with van der Waals surface area (Å²) in [5.41, 5.74) is 2.70. The zero-order valence-corrected chi connectivity index (χ0v) is 17.3. The highest BCUT2D eigenvalue weighted by Gasteiger charge is 2.41. The SMILES string of the molecule is COc1cccc(C[C@H]2[C@H]3C[C@H](CN(C(=O)c4ccnnc4)C3)c3cccc(=O)n32)c1. The first-order valence-corrected chi connectivity index (χ1v) is 10.5. The van der Waals surface area contributed by atoms with Crippen LogP contribution in [0.15, 0.2) is 65.7 Å². The second kappa shape index (κ2) is 7.98. The first-order chi connectivity index (χ1) is 15.1. The van der Waals surface area contributed by atoms with E-state index in [0.717, 1.165) is 23.4 Å². The molecule has 0 spiro atoms. The van der Waals surface area contributed by atoms with Crippen molar-refractivity contribution >= 4 is 5.91 Å². The summed E-state index contributed by atoms with van der Waals surface area (Å²) in [7, 11) is 1.66. The van der Waals surface area contributed by atoms with Crippen LogP contribution in [0.4, 0.5) is 0 Å². The minimum absolute atomic E-state index is 0.0155. The Labute approximate surface area is 180 Å². The van der Waals surface area contributed by atoms with E-state index in [9.17, 15) is 9.59 Å². The van der Waals surface area contributed by atoms with Gasteiger partial charge in [-0.1, -0.05) is 18.2 Å². The Morgan fingerprint density at radius 2 is 2.00 bits per heavy atom. The molecular weight excluding hydrogens is 392 g/mol. The van der Waals surface area contributed by atoms with Gasteiger partial charge in [-0.25, -0.2) is 0 Å². The third-order valence-corrected chi connectivity index (χ3v) is 6.50. The van der Waals surface area contributed by atoms with Crippen LogP contribution in [-0.4, -0.2) is 45.8 Å². The molecule has 2 bridgehead atoms. The van der Waals surface area contributed by atoms with Crippen molar-refractivity contribution in [3.05, 3.63) is 88.1 Å². The summed E-state index contributed by atoms with van der Waals surface area (Å²) in [6, 6.07) is 15.2. The van der Waals surface area contributed by atoms with Crippen LogP contribution in [0, 0.1) is 5.92 Å². The highest BCUT2D eigenvalue weighted by atomic mass is 16.5. The molecule has 7 heteroatoms. The van der Waals surface area contributed by atoms with Gasteiger partial charge in [0.2, 0.25) is 0 Å². The van der Waals surface area contributed by atoms with Gasteiger partial charge in [0.25, 0.3) is 11.5 Å². The number of aromatic nitrogens is 3. The molecular formula is C24H24N4O3. The van der Waals surface area contributed by atoms with Gasteiger partial charge in [0.05, 0.1) is 25.1 Å². The van der Waals surface area contributed by atoms with E-state index in [1.165, 1.54) is 6.20 Å². The van der Waals surface area contributed by atoms with Crippen LogP contribution in [0.25, 0.3) is 0 Å². The van der Waals surface area contributed by atoms with Crippen LogP contribution >= 0.6 is 0 Å². The quantitative estimate of drug-likeness (QED) is 0.654. The minimum Gasteiger partial charge on any atom is -0.497 e. The summed E-state index contributed by atoms with van der Waals surface area (Å²) in [6.07, 6.45) is 4.73. The second-order valence-electron chi connectivity index (χ2n) is 8.32. The minimum atomic E-state index is -0.0311. The number of fused-ring (bicyclic) bond motifs is 4. The van der Waals surface area contributed by atoms with Crippen LogP contribution in [0.1, 0.15) is 40.0 Å². The van der Waals surface area contributed by atoms with Gasteiger partial charge in [-0.15, -0.1) is 0 Å². The molecule has 3 atom stereocenters. The lowest BCUT2D eigenvalue weighted by atomic mass is 9.76. The van der Waals surface area contributed by atoms with Crippen molar-refractivity contribution in [2.75, 3.05) is 20.2 Å². The van der Waals surface area contributed by atoms with Crippen LogP contribution in [0.3, 0.4) is 0 Å². The number of rotatable bonds is 4. The molecule has 2 aliphatic rings. The van der Waals surface area contributed by atoms with E-state index in [2.05, 4.69) is 16.3 Å². The molecule has 0 unspecified atom stereocenters. The molecule has 0 radical (unpaired) electrons. The Balaban J connectivity index is 1.51. The van der Waals surface area contributed by atoms with E-state index in [0.29, 0.717) is 25.1 Å². The molecule has 0 saturated carbocycles. The number of hydrogen-bond acceptors (Lipinski definition) is 5. The van der Waals surface area contributed by atoms with Gasteiger partial charge in [0, 0.05) is 36.8 Å². The van der Waals surface area contributed by atoms with Crippen molar-refractivity contribution in [2.24, 2.45) is 5.92 Å². The summed E-state index contributed by atoms with van der Waals surface area (Å²) >= 11 is 0. The van der Waals surface area contributed by atoms with Crippen LogP contribution in [0.2, 0.25) is 0 Å². The number of piperidine rings is 1. The number of methoxy groups -OCH3 is 1. The molecule has 0 aliphatic carbocycles. The lowest BCUT2D eigenvalue weighted by Crippen LogP contribution is -2.51. The molecule has 1 amide bonds. The highest BCUT2D eigenvalue weighted by Crippen LogP contribution is 2.42. The molecule has 3 aromatic rings. The number of benzene rings is 1. The fourth-order valence-corrected chi connectivity index (χ4v) is 5.11. The van der Waals surface area contributed by atoms with Crippen molar-refractivity contribution in [1.82, 2.24) is 19.7 Å². The van der Waals surface area contributed by atoms with Gasteiger partial charge in [-0.3, -0.25) is 9.59 Å². The maximum Gasteiger partial charge on any atom is 0.255 e. The molecule has 7 nitrogen and oxygen atoms in total. The van der Waals surface area contributed by atoms with E-state index in [4.69, 9.17) is 4.74 Å². The lowest BCUT2D eigenvalue weighted by molar-refractivity contribution is 0.0528. The summed E-state index contributed by atoms with van der Waals surface area (Å²) in [5.74, 6) is 1.11. The number of ether oxygens (including phenoxy) is 1. The van der Waals surface area contributed by atoms with Crippen LogP contribution in [0.5, 0.6) is 5.75 Å². The Bertz CT molecular complexity index is 1160. The molecule has 5 rings (SSSR count). The molecule has 31 heavy (non-hydrogen) atoms. The number of carbonyl (C=O) groups is 1. The third-order valence-electron chi connectivity index (χ3n) is 6.50. The van der Waals surface area contributed by atoms with E-state index < -0.39 is 0 Å². The summed E-state index contributed by atoms with van der Waals surface area (Å²) in [5, 5.41) is 7.63. The summed E-state index contributed by atoms with van der Waals surface area (Å²) < 4.78 is 7.35. The Kier molecular flexibility index (Phi) is 5.02. The van der Waals surface area contributed by atoms with Gasteiger partial charge >= 0.3 is 0 Å². The summed E-state index contributed by atoms with van der Waals surface area (Å²) in [6.45, 7) is 1.22. The van der Waals surface area contributed by atoms with Crippen molar-refractivity contribution in [3.63, 3.8) is 0 Å². The van der Waals surface area contributed by atoms with Crippen LogP contribution < -0.4 is 10.3 Å². The lowest BCUT2D eigenvalue weighted by Gasteiger charge is -2.47. The number of likely N-dealkylation sites (tertiary alicyclic amines) is 1. The van der Waals surface area contributed by atoms with E-state index in [-0.39, 0.29) is 29.3 Å². The average molecular weight is 416 g/mol. The largest absolute Gasteiger partial charge is 0.497 e. The second-order valence-corrected chi connectivity index (χ2v) is 8.32. The van der Waals surface area contributed by atoms with Gasteiger partial charge in [0.15, 0.2) is 0 Å². The molecule has 2 aliphatic heterocycles. The van der Waals surface area contributed by atoms with Crippen molar-refractivity contribution in [2.45, 2.75) is 24.8 Å². The van der Waals surface area contributed by atoms with E-state index >= 15 is 0 Å². The van der Waals surface area contributed by atoms with Gasteiger partial charge in [-0.05, 0) is 48.6 Å². The maximum atomic E-state index is 13.1. The van der Waals surface area contributed by atoms with Gasteiger partial charge in [0.1, 0.15) is 5.75 Å². The zero-order chi connectivity index (χ0) is 21.4. The molecule has 1 aromatic carbocycles. The molecule has 2 aromatic heterocycles. The average Bonchev–Trinajstić information content (AvgIpc) is 2.82. The van der Waals surface area contributed by atoms with Crippen molar-refractivity contribution < 1.29 is 9.53 Å². The first-order valence-electron chi connectivity index (χ1n) is 10.5. The van der Waals surface area contributed by atoms with Gasteiger partial charge < -0.3 is 14.2 Å². The zero-order valence-electron chi connectivity index (χ0n) is 17.3. The smallest absolute Gasteiger partial charge is 0.255 e. The molecule has 1 fully saturated rings. The monoisotopic (exact) mass is 416 g/mol. The molecule has 4 heterocycles. The molecule has 1 saturated heterocycles. The fourth-order valence-electron chi connectivity index (χ4n) is 5.11. The summed E-state index contributed by atoms with van der Waals surface area (Å²) in [4.78, 5) is 27.9. The number of pyridine rings is 1. The number of nitrogens with zero attached hydrogens (tertiary/aromatic N) is 4. The fraction of sp³-hybridized carbons (Fsp3) is 0.333. The predicted molar refractivity (Wildman–Crippen MR) is 115 cm³/mol. The number of amides is 1. The van der Waals surface area contributed by atoms with E-state index in [1.807, 2.05) is 39.8 Å². The molecule has 0 N–H and O–H groups in total. The Morgan fingerprint density at radius 1 is 1.13 bits per heavy atom. The first kappa shape index (κ1) is 19.5. The van der Waals surface area contributed by atoms with Crippen molar-refractivity contribution in [1.29, 1.82) is 0 Å². The normalized spacial score (nSPS) is 22.0. The predicted octanol–water partition coefficient (Wildman–Crippen LogP) is 2.69. The van der Waals surface area contributed by atoms with Gasteiger partial charge in [-0.2, -0.15) is 10.2 Å². The molecule has 158 valence electrons.